The molecule has 2 N–H and O–H groups in total. The molecule has 0 unspecified atom stereocenters. The number of halogens is 4. The number of hydrogen-bond donors (Lipinski definition) is 1. The van der Waals surface area contributed by atoms with Gasteiger partial charge in [0.2, 0.25) is 0 Å². The van der Waals surface area contributed by atoms with E-state index in [1.165, 1.54) is 7.11 Å². The molecule has 0 bridgehead atoms. The minimum atomic E-state index is -1.56. The van der Waals surface area contributed by atoms with Gasteiger partial charge in [-0.2, -0.15) is 0 Å². The largest absolute Gasteiger partial charge is 0.469 e. The maximum atomic E-state index is 12.8. The number of nitrogens with two attached hydrogens (primary N) is 1. The molecule has 7 heteroatoms. The third-order valence-electron chi connectivity index (χ3n) is 2.05. The molecule has 0 saturated heterocycles. The molecule has 0 spiro atoms. The predicted octanol–water partition coefficient (Wildman–Crippen LogP) is 2.09. The van der Waals surface area contributed by atoms with Crippen LogP contribution in [0.15, 0.2) is 12.1 Å². The molecule has 0 aliphatic heterocycles. The minimum absolute atomic E-state index is 0. The van der Waals surface area contributed by atoms with Gasteiger partial charge in [-0.15, -0.1) is 12.4 Å². The lowest BCUT2D eigenvalue weighted by Gasteiger charge is -2.11. The average Bonchev–Trinajstić information content (AvgIpc) is 2.24. The molecule has 0 saturated carbocycles. The van der Waals surface area contributed by atoms with Gasteiger partial charge in [-0.05, 0) is 17.7 Å². The van der Waals surface area contributed by atoms with Gasteiger partial charge in [0.25, 0.3) is 0 Å². The Kier molecular flexibility index (Phi) is 5.98. The molecule has 0 radical (unpaired) electrons. The number of carbonyl (C=O) groups is 1. The lowest BCUT2D eigenvalue weighted by atomic mass is 10.0. The zero-order valence-electron chi connectivity index (χ0n) is 8.88. The molecule has 0 aliphatic carbocycles. The monoisotopic (exact) mass is 269 g/mol. The number of methoxy groups -OCH3 is 1. The fourth-order valence-corrected chi connectivity index (χ4v) is 1.17. The highest BCUT2D eigenvalue weighted by Crippen LogP contribution is 2.20. The Morgan fingerprint density at radius 3 is 2.24 bits per heavy atom. The Labute approximate surface area is 102 Å². The number of esters is 1. The molecule has 0 heterocycles. The second-order valence-electron chi connectivity index (χ2n) is 3.19. The average molecular weight is 270 g/mol. The molecular weight excluding hydrogens is 259 g/mol. The Balaban J connectivity index is 0.00000256. The van der Waals surface area contributed by atoms with Gasteiger partial charge in [0.15, 0.2) is 17.5 Å². The third-order valence-corrected chi connectivity index (χ3v) is 2.05. The first-order chi connectivity index (χ1) is 7.45. The van der Waals surface area contributed by atoms with Crippen LogP contribution in [0.4, 0.5) is 13.2 Å². The maximum absolute atomic E-state index is 12.8. The summed E-state index contributed by atoms with van der Waals surface area (Å²) in [6.07, 6.45) is -0.235. The number of hydrogen-bond acceptors (Lipinski definition) is 3. The van der Waals surface area contributed by atoms with E-state index in [0.29, 0.717) is 0 Å². The number of carbonyl (C=O) groups excluding carboxylic acids is 1. The van der Waals surface area contributed by atoms with Crippen molar-refractivity contribution in [1.29, 1.82) is 0 Å². The van der Waals surface area contributed by atoms with Gasteiger partial charge in [-0.3, -0.25) is 4.79 Å². The van der Waals surface area contributed by atoms with E-state index in [1.54, 1.807) is 0 Å². The van der Waals surface area contributed by atoms with Crippen molar-refractivity contribution in [3.8, 4) is 0 Å². The van der Waals surface area contributed by atoms with Gasteiger partial charge in [-0.1, -0.05) is 0 Å². The summed E-state index contributed by atoms with van der Waals surface area (Å²) in [6, 6.07) is 0.579. The van der Waals surface area contributed by atoms with Crippen LogP contribution in [0.2, 0.25) is 0 Å². The highest BCUT2D eigenvalue weighted by Gasteiger charge is 2.17. The summed E-state index contributed by atoms with van der Waals surface area (Å²) in [7, 11) is 1.17. The van der Waals surface area contributed by atoms with Crippen LogP contribution in [0.5, 0.6) is 0 Å². The Hall–Kier alpha value is -1.27. The highest BCUT2D eigenvalue weighted by molar-refractivity contribution is 5.85. The summed E-state index contributed by atoms with van der Waals surface area (Å²) in [4.78, 5) is 10.9. The molecule has 1 aromatic carbocycles. The van der Waals surface area contributed by atoms with Gasteiger partial charge in [0.1, 0.15) is 0 Å². The molecule has 1 rings (SSSR count). The van der Waals surface area contributed by atoms with E-state index in [2.05, 4.69) is 4.74 Å². The highest BCUT2D eigenvalue weighted by atomic mass is 35.5. The standard InChI is InChI=1S/C10H10F3NO2.ClH/c1-16-9(15)4-8(14)5-2-6(11)10(13)7(12)3-5;/h2-3,8H,4,14H2,1H3;1H/t8-;/m1./s1. The molecule has 96 valence electrons. The minimum Gasteiger partial charge on any atom is -0.469 e. The van der Waals surface area contributed by atoms with Crippen molar-refractivity contribution < 1.29 is 22.7 Å². The lowest BCUT2D eigenvalue weighted by molar-refractivity contribution is -0.141. The van der Waals surface area contributed by atoms with Gasteiger partial charge in [-0.25, -0.2) is 13.2 Å². The van der Waals surface area contributed by atoms with Crippen molar-refractivity contribution in [2.75, 3.05) is 7.11 Å². The number of benzene rings is 1. The zero-order chi connectivity index (χ0) is 12.3. The Bertz CT molecular complexity index is 392. The van der Waals surface area contributed by atoms with Crippen LogP contribution in [0, 0.1) is 17.5 Å². The van der Waals surface area contributed by atoms with Crippen molar-refractivity contribution >= 4 is 18.4 Å². The SMILES string of the molecule is COC(=O)C[C@@H](N)c1cc(F)c(F)c(F)c1.Cl. The first-order valence-corrected chi connectivity index (χ1v) is 4.42. The first-order valence-electron chi connectivity index (χ1n) is 4.42. The van der Waals surface area contributed by atoms with E-state index >= 15 is 0 Å². The second kappa shape index (κ2) is 6.46. The van der Waals surface area contributed by atoms with Crippen molar-refractivity contribution in [3.05, 3.63) is 35.1 Å². The molecule has 0 fully saturated rings. The van der Waals surface area contributed by atoms with Gasteiger partial charge >= 0.3 is 5.97 Å². The van der Waals surface area contributed by atoms with Gasteiger partial charge in [0.05, 0.1) is 13.5 Å². The van der Waals surface area contributed by atoms with Crippen LogP contribution >= 0.6 is 12.4 Å². The Morgan fingerprint density at radius 1 is 1.35 bits per heavy atom. The smallest absolute Gasteiger partial charge is 0.307 e. The molecular formula is C10H11ClF3NO2. The fraction of sp³-hybridized carbons (Fsp3) is 0.300. The molecule has 1 atom stereocenters. The maximum Gasteiger partial charge on any atom is 0.307 e. The first kappa shape index (κ1) is 15.7. The van der Waals surface area contributed by atoms with Gasteiger partial charge in [0, 0.05) is 6.04 Å². The van der Waals surface area contributed by atoms with E-state index in [9.17, 15) is 18.0 Å². The quantitative estimate of drug-likeness (QED) is 0.675. The van der Waals surface area contributed by atoms with E-state index in [1.807, 2.05) is 0 Å². The van der Waals surface area contributed by atoms with E-state index in [4.69, 9.17) is 5.73 Å². The predicted molar refractivity (Wildman–Crippen MR) is 57.1 cm³/mol. The van der Waals surface area contributed by atoms with Crippen molar-refractivity contribution in [1.82, 2.24) is 0 Å². The molecule has 0 amide bonds. The van der Waals surface area contributed by atoms with Crippen LogP contribution in [0.3, 0.4) is 0 Å². The van der Waals surface area contributed by atoms with E-state index in [-0.39, 0.29) is 24.4 Å². The summed E-state index contributed by atoms with van der Waals surface area (Å²) in [5, 5.41) is 0. The summed E-state index contributed by atoms with van der Waals surface area (Å²) in [5.41, 5.74) is 5.50. The third kappa shape index (κ3) is 3.90. The lowest BCUT2D eigenvalue weighted by Crippen LogP contribution is -2.17. The van der Waals surface area contributed by atoms with Gasteiger partial charge < -0.3 is 10.5 Å². The molecule has 1 aromatic rings. The number of rotatable bonds is 3. The van der Waals surface area contributed by atoms with E-state index in [0.717, 1.165) is 12.1 Å². The van der Waals surface area contributed by atoms with Crippen LogP contribution in [0.25, 0.3) is 0 Å². The van der Waals surface area contributed by atoms with Crippen LogP contribution in [0.1, 0.15) is 18.0 Å². The zero-order valence-corrected chi connectivity index (χ0v) is 9.69. The fourth-order valence-electron chi connectivity index (χ4n) is 1.17. The van der Waals surface area contributed by atoms with E-state index < -0.39 is 29.5 Å². The number of ether oxygens (including phenoxy) is 1. The molecule has 0 aromatic heterocycles. The molecule has 3 nitrogen and oxygen atoms in total. The Morgan fingerprint density at radius 2 is 1.82 bits per heavy atom. The van der Waals surface area contributed by atoms with Crippen LogP contribution in [-0.4, -0.2) is 13.1 Å². The summed E-state index contributed by atoms with van der Waals surface area (Å²) in [6.45, 7) is 0. The van der Waals surface area contributed by atoms with Crippen LogP contribution in [-0.2, 0) is 9.53 Å². The van der Waals surface area contributed by atoms with Crippen molar-refractivity contribution in [2.45, 2.75) is 12.5 Å². The van der Waals surface area contributed by atoms with Crippen molar-refractivity contribution in [3.63, 3.8) is 0 Å². The summed E-state index contributed by atoms with van der Waals surface area (Å²) >= 11 is 0. The normalized spacial score (nSPS) is 11.6. The summed E-state index contributed by atoms with van der Waals surface area (Å²) < 4.78 is 42.6. The topological polar surface area (TPSA) is 52.3 Å². The second-order valence-corrected chi connectivity index (χ2v) is 3.19. The summed E-state index contributed by atoms with van der Waals surface area (Å²) in [5.74, 6) is -4.85. The molecule has 0 aliphatic rings. The van der Waals surface area contributed by atoms with Crippen LogP contribution < -0.4 is 5.73 Å². The van der Waals surface area contributed by atoms with Crippen molar-refractivity contribution in [2.24, 2.45) is 5.73 Å². The molecule has 17 heavy (non-hydrogen) atoms.